The second-order valence-corrected chi connectivity index (χ2v) is 13.5. The van der Waals surface area contributed by atoms with E-state index in [0.717, 1.165) is 14.3 Å². The maximum Gasteiger partial charge on any atom is 0.264 e. The van der Waals surface area contributed by atoms with Gasteiger partial charge in [0.15, 0.2) is 0 Å². The van der Waals surface area contributed by atoms with Crippen LogP contribution in [-0.4, -0.2) is 43.3 Å². The van der Waals surface area contributed by atoms with Gasteiger partial charge < -0.3 is 10.2 Å². The van der Waals surface area contributed by atoms with Crippen LogP contribution in [-0.2, 0) is 26.2 Å². The minimum absolute atomic E-state index is 0.0363. The molecule has 10 heteroatoms. The number of sulfonamides is 1. The predicted octanol–water partition coefficient (Wildman–Crippen LogP) is 5.94. The molecule has 7 nitrogen and oxygen atoms in total. The zero-order valence-electron chi connectivity index (χ0n) is 22.6. The molecule has 1 N–H and O–H groups in total. The summed E-state index contributed by atoms with van der Waals surface area (Å²) >= 11 is 9.80. The van der Waals surface area contributed by atoms with Crippen molar-refractivity contribution < 1.29 is 18.0 Å². The zero-order chi connectivity index (χ0) is 29.0. The first-order valence-corrected chi connectivity index (χ1v) is 15.0. The Morgan fingerprint density at radius 2 is 1.64 bits per heavy atom. The third-order valence-corrected chi connectivity index (χ3v) is 8.70. The third kappa shape index (κ3) is 7.84. The molecule has 2 amide bonds. The normalized spacial score (nSPS) is 12.5. The highest BCUT2D eigenvalue weighted by molar-refractivity contribution is 9.10. The van der Waals surface area contributed by atoms with Gasteiger partial charge in [-0.2, -0.15) is 0 Å². The number of carbonyl (C=O) groups excluding carboxylic acids is 2. The summed E-state index contributed by atoms with van der Waals surface area (Å²) in [4.78, 5) is 28.6. The summed E-state index contributed by atoms with van der Waals surface area (Å²) in [5.41, 5.74) is 1.07. The summed E-state index contributed by atoms with van der Waals surface area (Å²) in [5, 5.41) is 3.29. The van der Waals surface area contributed by atoms with Gasteiger partial charge in [-0.1, -0.05) is 63.9 Å². The van der Waals surface area contributed by atoms with E-state index in [9.17, 15) is 18.0 Å². The molecule has 0 bridgehead atoms. The van der Waals surface area contributed by atoms with E-state index in [2.05, 4.69) is 21.2 Å². The van der Waals surface area contributed by atoms with E-state index in [1.165, 1.54) is 17.0 Å². The Bertz CT molecular complexity index is 1440. The molecule has 0 heterocycles. The Morgan fingerprint density at radius 1 is 1.00 bits per heavy atom. The second-order valence-electron chi connectivity index (χ2n) is 10.3. The van der Waals surface area contributed by atoms with Crippen LogP contribution in [0, 0.1) is 6.92 Å². The highest BCUT2D eigenvalue weighted by Crippen LogP contribution is 2.31. The summed E-state index contributed by atoms with van der Waals surface area (Å²) in [6.07, 6.45) is 0. The lowest BCUT2D eigenvalue weighted by Gasteiger charge is -2.34. The van der Waals surface area contributed by atoms with Crippen LogP contribution < -0.4 is 9.62 Å². The van der Waals surface area contributed by atoms with Crippen molar-refractivity contribution in [2.24, 2.45) is 0 Å². The van der Waals surface area contributed by atoms with E-state index >= 15 is 0 Å². The number of halogens is 2. The molecule has 39 heavy (non-hydrogen) atoms. The summed E-state index contributed by atoms with van der Waals surface area (Å²) in [7, 11) is -4.16. The fourth-order valence-corrected chi connectivity index (χ4v) is 6.10. The molecular formula is C29H33BrClN3O4S. The van der Waals surface area contributed by atoms with Gasteiger partial charge in [0.2, 0.25) is 11.8 Å². The van der Waals surface area contributed by atoms with E-state index in [0.29, 0.717) is 10.6 Å². The van der Waals surface area contributed by atoms with E-state index in [1.54, 1.807) is 50.2 Å². The van der Waals surface area contributed by atoms with Gasteiger partial charge in [0, 0.05) is 21.6 Å². The second kappa shape index (κ2) is 12.5. The first kappa shape index (κ1) is 30.7. The number of hydrogen-bond donors (Lipinski definition) is 1. The van der Waals surface area contributed by atoms with Gasteiger partial charge in [-0.3, -0.25) is 13.9 Å². The standard InChI is InChI=1S/C29H33BrClN3O4S/c1-20-25(31)15-10-16-26(20)34(39(37,38)24-13-7-6-8-14-24)19-27(35)33(18-22-11-9-12-23(30)17-22)21(2)28(36)32-29(3,4)5/h6-17,21H,18-19H2,1-5H3,(H,32,36). The quantitative estimate of drug-likeness (QED) is 0.316. The number of hydrogen-bond acceptors (Lipinski definition) is 4. The predicted molar refractivity (Wildman–Crippen MR) is 159 cm³/mol. The van der Waals surface area contributed by atoms with E-state index in [-0.39, 0.29) is 23.0 Å². The van der Waals surface area contributed by atoms with Crippen LogP contribution in [0.4, 0.5) is 5.69 Å². The summed E-state index contributed by atoms with van der Waals surface area (Å²) < 4.78 is 29.6. The highest BCUT2D eigenvalue weighted by atomic mass is 79.9. The maximum absolute atomic E-state index is 14.0. The molecule has 1 unspecified atom stereocenters. The van der Waals surface area contributed by atoms with Crippen molar-refractivity contribution in [3.8, 4) is 0 Å². The molecule has 0 saturated carbocycles. The first-order valence-electron chi connectivity index (χ1n) is 12.4. The van der Waals surface area contributed by atoms with Gasteiger partial charge in [-0.05, 0) is 82.1 Å². The molecule has 0 aromatic heterocycles. The van der Waals surface area contributed by atoms with E-state index < -0.39 is 34.1 Å². The van der Waals surface area contributed by atoms with Crippen molar-refractivity contribution in [2.45, 2.75) is 57.6 Å². The number of nitrogens with one attached hydrogen (secondary N) is 1. The van der Waals surface area contributed by atoms with Crippen molar-refractivity contribution in [1.82, 2.24) is 10.2 Å². The fourth-order valence-electron chi connectivity index (χ4n) is 3.99. The topological polar surface area (TPSA) is 86.8 Å². The monoisotopic (exact) mass is 633 g/mol. The van der Waals surface area contributed by atoms with Crippen molar-refractivity contribution in [3.05, 3.63) is 93.4 Å². The Hall–Kier alpha value is -2.88. The van der Waals surface area contributed by atoms with E-state index in [4.69, 9.17) is 11.6 Å². The average Bonchev–Trinajstić information content (AvgIpc) is 2.86. The number of carbonyl (C=O) groups is 2. The van der Waals surface area contributed by atoms with Crippen molar-refractivity contribution in [3.63, 3.8) is 0 Å². The van der Waals surface area contributed by atoms with Crippen LogP contribution in [0.1, 0.15) is 38.8 Å². The molecule has 3 aromatic rings. The number of amides is 2. The molecule has 0 aliphatic rings. The summed E-state index contributed by atoms with van der Waals surface area (Å²) in [6.45, 7) is 8.48. The Morgan fingerprint density at radius 3 is 2.26 bits per heavy atom. The lowest BCUT2D eigenvalue weighted by atomic mass is 10.1. The summed E-state index contributed by atoms with van der Waals surface area (Å²) in [6, 6.07) is 19.4. The molecule has 0 fully saturated rings. The van der Waals surface area contributed by atoms with E-state index in [1.807, 2.05) is 45.0 Å². The van der Waals surface area contributed by atoms with Crippen LogP contribution in [0.25, 0.3) is 0 Å². The highest BCUT2D eigenvalue weighted by Gasteiger charge is 2.34. The molecule has 0 aliphatic heterocycles. The largest absolute Gasteiger partial charge is 0.350 e. The van der Waals surface area contributed by atoms with Crippen LogP contribution >= 0.6 is 27.5 Å². The molecule has 0 spiro atoms. The third-order valence-electron chi connectivity index (χ3n) is 6.03. The van der Waals surface area contributed by atoms with Gasteiger partial charge in [0.05, 0.1) is 10.6 Å². The first-order chi connectivity index (χ1) is 18.2. The molecule has 0 radical (unpaired) electrons. The van der Waals surface area contributed by atoms with Crippen LogP contribution in [0.3, 0.4) is 0 Å². The molecule has 0 aliphatic carbocycles. The summed E-state index contributed by atoms with van der Waals surface area (Å²) in [5.74, 6) is -0.882. The lowest BCUT2D eigenvalue weighted by Crippen LogP contribution is -2.54. The van der Waals surface area contributed by atoms with Gasteiger partial charge in [0.1, 0.15) is 12.6 Å². The number of anilines is 1. The maximum atomic E-state index is 14.0. The Labute approximate surface area is 244 Å². The Kier molecular flexibility index (Phi) is 9.85. The van der Waals surface area contributed by atoms with Crippen molar-refractivity contribution >= 4 is 55.1 Å². The van der Waals surface area contributed by atoms with Gasteiger partial charge in [-0.15, -0.1) is 0 Å². The van der Waals surface area contributed by atoms with Crippen LogP contribution in [0.2, 0.25) is 5.02 Å². The van der Waals surface area contributed by atoms with Crippen molar-refractivity contribution in [2.75, 3.05) is 10.8 Å². The minimum Gasteiger partial charge on any atom is -0.350 e. The van der Waals surface area contributed by atoms with Crippen molar-refractivity contribution in [1.29, 1.82) is 0 Å². The minimum atomic E-state index is -4.16. The van der Waals surface area contributed by atoms with Gasteiger partial charge in [0.25, 0.3) is 10.0 Å². The number of rotatable bonds is 9. The van der Waals surface area contributed by atoms with Gasteiger partial charge in [-0.25, -0.2) is 8.42 Å². The number of nitrogens with zero attached hydrogens (tertiary/aromatic N) is 2. The zero-order valence-corrected chi connectivity index (χ0v) is 25.8. The molecule has 3 rings (SSSR count). The Balaban J connectivity index is 2.07. The molecule has 3 aromatic carbocycles. The average molecular weight is 635 g/mol. The molecular weight excluding hydrogens is 602 g/mol. The van der Waals surface area contributed by atoms with Gasteiger partial charge >= 0.3 is 0 Å². The SMILES string of the molecule is Cc1c(Cl)cccc1N(CC(=O)N(Cc1cccc(Br)c1)C(C)C(=O)NC(C)(C)C)S(=O)(=O)c1ccccc1. The molecule has 1 atom stereocenters. The smallest absolute Gasteiger partial charge is 0.264 e. The number of benzene rings is 3. The lowest BCUT2D eigenvalue weighted by molar-refractivity contribution is -0.140. The van der Waals surface area contributed by atoms with Crippen LogP contribution in [0.5, 0.6) is 0 Å². The van der Waals surface area contributed by atoms with Crippen LogP contribution in [0.15, 0.2) is 82.2 Å². The molecule has 208 valence electrons. The fraction of sp³-hybridized carbons (Fsp3) is 0.310. The molecule has 0 saturated heterocycles.